The molecule has 0 fully saturated rings. The third-order valence-corrected chi connectivity index (χ3v) is 1.58. The number of rotatable bonds is 2. The molecule has 0 saturated carbocycles. The first-order valence-corrected chi connectivity index (χ1v) is 4.65. The summed E-state index contributed by atoms with van der Waals surface area (Å²) in [5.41, 5.74) is 0.482. The molecule has 12 heavy (non-hydrogen) atoms. The van der Waals surface area contributed by atoms with Crippen LogP contribution in [0.1, 0.15) is 5.69 Å². The van der Waals surface area contributed by atoms with Crippen LogP contribution in [0.15, 0.2) is 29.8 Å². The molecule has 0 radical (unpaired) electrons. The van der Waals surface area contributed by atoms with Gasteiger partial charge < -0.3 is 0 Å². The van der Waals surface area contributed by atoms with E-state index in [1.807, 2.05) is 0 Å². The van der Waals surface area contributed by atoms with Crippen LogP contribution in [0.2, 0.25) is 0 Å². The van der Waals surface area contributed by atoms with Crippen molar-refractivity contribution in [2.75, 3.05) is 0 Å². The van der Waals surface area contributed by atoms with E-state index in [0.29, 0.717) is 11.1 Å². The molecule has 64 valence electrons. The molecule has 0 atom stereocenters. The molecule has 5 heteroatoms. The van der Waals surface area contributed by atoms with Crippen LogP contribution >= 0.6 is 0 Å². The van der Waals surface area contributed by atoms with Gasteiger partial charge in [0.05, 0.1) is 11.1 Å². The van der Waals surface area contributed by atoms with Crippen molar-refractivity contribution in [1.82, 2.24) is 4.98 Å². The third kappa shape index (κ3) is 3.27. The minimum Gasteiger partial charge on any atom is -0.282 e. The summed E-state index contributed by atoms with van der Waals surface area (Å²) < 4.78 is 28.8. The van der Waals surface area contributed by atoms with E-state index in [1.165, 1.54) is 12.3 Å². The van der Waals surface area contributed by atoms with E-state index in [2.05, 4.69) is 4.98 Å². The van der Waals surface area contributed by atoms with Crippen LogP contribution < -0.4 is 0 Å². The molecule has 0 bridgehead atoms. The van der Waals surface area contributed by atoms with Gasteiger partial charge in [-0.05, 0) is 18.2 Å². The van der Waals surface area contributed by atoms with E-state index in [0.717, 1.165) is 0 Å². The van der Waals surface area contributed by atoms with Crippen molar-refractivity contribution in [2.45, 2.75) is 0 Å². The Morgan fingerprint density at radius 3 is 2.67 bits per heavy atom. The first kappa shape index (κ1) is 8.89. The van der Waals surface area contributed by atoms with Crippen LogP contribution in [-0.2, 0) is 10.1 Å². The van der Waals surface area contributed by atoms with E-state index >= 15 is 0 Å². The van der Waals surface area contributed by atoms with Crippen molar-refractivity contribution < 1.29 is 13.0 Å². The summed E-state index contributed by atoms with van der Waals surface area (Å²) in [6.07, 6.45) is 2.75. The smallest absolute Gasteiger partial charge is 0.282 e. The zero-order chi connectivity index (χ0) is 9.03. The molecule has 0 spiro atoms. The largest absolute Gasteiger partial charge is 0.287 e. The second-order valence-corrected chi connectivity index (χ2v) is 3.37. The Morgan fingerprint density at radius 1 is 1.42 bits per heavy atom. The fourth-order valence-corrected chi connectivity index (χ4v) is 0.942. The minimum absolute atomic E-state index is 0.482. The van der Waals surface area contributed by atoms with Gasteiger partial charge in [0.1, 0.15) is 0 Å². The van der Waals surface area contributed by atoms with Crippen LogP contribution in [0.25, 0.3) is 6.08 Å². The molecule has 4 nitrogen and oxygen atoms in total. The van der Waals surface area contributed by atoms with Crippen molar-refractivity contribution >= 4 is 16.2 Å². The van der Waals surface area contributed by atoms with Gasteiger partial charge in [0.2, 0.25) is 0 Å². The maximum absolute atomic E-state index is 10.2. The van der Waals surface area contributed by atoms with Crippen LogP contribution in [0.3, 0.4) is 0 Å². The molecule has 0 aliphatic carbocycles. The lowest BCUT2D eigenvalue weighted by molar-refractivity contribution is 0.494. The molecular formula is C7H7NO3S. The lowest BCUT2D eigenvalue weighted by Gasteiger charge is -1.88. The second kappa shape index (κ2) is 3.46. The summed E-state index contributed by atoms with van der Waals surface area (Å²) >= 11 is 0. The van der Waals surface area contributed by atoms with Crippen molar-refractivity contribution in [3.05, 3.63) is 35.5 Å². The Balaban J connectivity index is 2.85. The van der Waals surface area contributed by atoms with Gasteiger partial charge in [-0.3, -0.25) is 9.54 Å². The lowest BCUT2D eigenvalue weighted by Crippen LogP contribution is -1.89. The van der Waals surface area contributed by atoms with Crippen molar-refractivity contribution in [1.29, 1.82) is 0 Å². The Bertz CT molecular complexity index is 369. The average Bonchev–Trinajstić information content (AvgIpc) is 2.02. The first-order valence-electron chi connectivity index (χ1n) is 3.14. The Labute approximate surface area is 70.3 Å². The quantitative estimate of drug-likeness (QED) is 0.696. The zero-order valence-electron chi connectivity index (χ0n) is 6.08. The molecule has 0 amide bonds. The van der Waals surface area contributed by atoms with Crippen molar-refractivity contribution in [3.8, 4) is 0 Å². The third-order valence-electron chi connectivity index (χ3n) is 1.10. The van der Waals surface area contributed by atoms with Crippen LogP contribution in [0.4, 0.5) is 0 Å². The van der Waals surface area contributed by atoms with E-state index < -0.39 is 10.1 Å². The molecule has 0 aliphatic heterocycles. The van der Waals surface area contributed by atoms with E-state index in [9.17, 15) is 8.42 Å². The zero-order valence-corrected chi connectivity index (χ0v) is 6.90. The van der Waals surface area contributed by atoms with Gasteiger partial charge in [-0.15, -0.1) is 0 Å². The van der Waals surface area contributed by atoms with Gasteiger partial charge in [0.25, 0.3) is 10.1 Å². The number of aromatic nitrogens is 1. The average molecular weight is 185 g/mol. The summed E-state index contributed by atoms with van der Waals surface area (Å²) in [6.45, 7) is 0. The molecule has 0 aromatic carbocycles. The van der Waals surface area contributed by atoms with Gasteiger partial charge in [-0.1, -0.05) is 6.07 Å². The second-order valence-electron chi connectivity index (χ2n) is 2.07. The monoisotopic (exact) mass is 185 g/mol. The van der Waals surface area contributed by atoms with Gasteiger partial charge in [-0.25, -0.2) is 0 Å². The molecular weight excluding hydrogens is 178 g/mol. The standard InChI is InChI=1S/C7H7NO3S/c9-12(10,11)6-4-7-3-1-2-5-8-7/h1-6H,(H,9,10,11). The highest BCUT2D eigenvalue weighted by Crippen LogP contribution is 1.97. The summed E-state index contributed by atoms with van der Waals surface area (Å²) in [6, 6.07) is 5.06. The van der Waals surface area contributed by atoms with Gasteiger partial charge in [0, 0.05) is 6.20 Å². The van der Waals surface area contributed by atoms with E-state index in [1.54, 1.807) is 18.2 Å². The highest BCUT2D eigenvalue weighted by molar-refractivity contribution is 7.88. The Hall–Kier alpha value is -1.20. The molecule has 1 N–H and O–H groups in total. The fourth-order valence-electron chi connectivity index (χ4n) is 0.630. The molecule has 1 heterocycles. The molecule has 1 aromatic rings. The Kier molecular flexibility index (Phi) is 2.57. The van der Waals surface area contributed by atoms with Gasteiger partial charge in [-0.2, -0.15) is 8.42 Å². The first-order chi connectivity index (χ1) is 5.58. The van der Waals surface area contributed by atoms with Crippen molar-refractivity contribution in [3.63, 3.8) is 0 Å². The minimum atomic E-state index is -4.04. The predicted octanol–water partition coefficient (Wildman–Crippen LogP) is 0.940. The van der Waals surface area contributed by atoms with Crippen LogP contribution in [-0.4, -0.2) is 18.0 Å². The maximum atomic E-state index is 10.2. The van der Waals surface area contributed by atoms with Gasteiger partial charge >= 0.3 is 0 Å². The number of pyridine rings is 1. The topological polar surface area (TPSA) is 67.3 Å². The Morgan fingerprint density at radius 2 is 2.17 bits per heavy atom. The van der Waals surface area contributed by atoms with Gasteiger partial charge in [0.15, 0.2) is 0 Å². The molecule has 0 saturated heterocycles. The summed E-state index contributed by atoms with van der Waals surface area (Å²) in [5.74, 6) is 0. The summed E-state index contributed by atoms with van der Waals surface area (Å²) in [4.78, 5) is 3.82. The maximum Gasteiger partial charge on any atom is 0.287 e. The van der Waals surface area contributed by atoms with E-state index in [4.69, 9.17) is 4.55 Å². The molecule has 0 aliphatic rings. The summed E-state index contributed by atoms with van der Waals surface area (Å²) in [5, 5.41) is 0.690. The number of nitrogens with zero attached hydrogens (tertiary/aromatic N) is 1. The molecule has 1 aromatic heterocycles. The highest BCUT2D eigenvalue weighted by atomic mass is 32.2. The molecule has 1 rings (SSSR count). The molecule has 0 unspecified atom stereocenters. The fraction of sp³-hybridized carbons (Fsp3) is 0. The van der Waals surface area contributed by atoms with Crippen molar-refractivity contribution in [2.24, 2.45) is 0 Å². The highest BCUT2D eigenvalue weighted by Gasteiger charge is 1.94. The van der Waals surface area contributed by atoms with Crippen LogP contribution in [0.5, 0.6) is 0 Å². The number of hydrogen-bond acceptors (Lipinski definition) is 3. The normalized spacial score (nSPS) is 12.1. The van der Waals surface area contributed by atoms with Crippen LogP contribution in [0, 0.1) is 0 Å². The SMILES string of the molecule is O=S(=O)(O)C=Cc1ccccn1. The van der Waals surface area contributed by atoms with E-state index in [-0.39, 0.29) is 0 Å². The number of hydrogen-bond donors (Lipinski definition) is 1. The summed E-state index contributed by atoms with van der Waals surface area (Å²) in [7, 11) is -4.04. The predicted molar refractivity (Wildman–Crippen MR) is 44.8 cm³/mol. The lowest BCUT2D eigenvalue weighted by atomic mass is 10.3.